The van der Waals surface area contributed by atoms with Crippen molar-refractivity contribution in [1.29, 1.82) is 0 Å². The molecule has 1 fully saturated rings. The second-order valence-corrected chi connectivity index (χ2v) is 7.05. The Bertz CT molecular complexity index is 489. The van der Waals surface area contributed by atoms with Crippen molar-refractivity contribution in [2.75, 3.05) is 0 Å². The topological polar surface area (TPSA) is 37.3 Å². The third kappa shape index (κ3) is 3.76. The molecule has 0 radical (unpaired) electrons. The van der Waals surface area contributed by atoms with Crippen molar-refractivity contribution in [2.24, 2.45) is 17.8 Å². The van der Waals surface area contributed by atoms with E-state index in [0.717, 1.165) is 47.2 Å². The highest BCUT2D eigenvalue weighted by atomic mass is 79.9. The summed E-state index contributed by atoms with van der Waals surface area (Å²) < 4.78 is 0.955. The number of rotatable bonds is 4. The van der Waals surface area contributed by atoms with Gasteiger partial charge in [0.1, 0.15) is 0 Å². The zero-order valence-corrected chi connectivity index (χ0v) is 14.0. The van der Waals surface area contributed by atoms with Gasteiger partial charge >= 0.3 is 5.97 Å². The van der Waals surface area contributed by atoms with Crippen LogP contribution >= 0.6 is 27.5 Å². The van der Waals surface area contributed by atoms with Crippen LogP contribution < -0.4 is 0 Å². The highest BCUT2D eigenvalue weighted by molar-refractivity contribution is 9.10. The smallest absolute Gasteiger partial charge is 0.306 e. The third-order valence-electron chi connectivity index (χ3n) is 4.48. The van der Waals surface area contributed by atoms with Gasteiger partial charge < -0.3 is 5.11 Å². The van der Waals surface area contributed by atoms with Gasteiger partial charge in [0.2, 0.25) is 0 Å². The van der Waals surface area contributed by atoms with Crippen LogP contribution in [-0.2, 0) is 11.2 Å². The van der Waals surface area contributed by atoms with E-state index in [-0.39, 0.29) is 11.8 Å². The van der Waals surface area contributed by atoms with Crippen molar-refractivity contribution in [3.63, 3.8) is 0 Å². The number of hydrogen-bond donors (Lipinski definition) is 1. The molecule has 0 saturated heterocycles. The summed E-state index contributed by atoms with van der Waals surface area (Å²) in [6.45, 7) is 2.19. The van der Waals surface area contributed by atoms with E-state index in [9.17, 15) is 9.90 Å². The zero-order chi connectivity index (χ0) is 14.7. The van der Waals surface area contributed by atoms with Gasteiger partial charge in [0.05, 0.1) is 5.92 Å². The molecule has 2 nitrogen and oxygen atoms in total. The molecule has 0 spiro atoms. The van der Waals surface area contributed by atoms with Gasteiger partial charge in [-0.25, -0.2) is 0 Å². The van der Waals surface area contributed by atoms with Gasteiger partial charge in [-0.3, -0.25) is 4.79 Å². The second kappa shape index (κ2) is 6.95. The van der Waals surface area contributed by atoms with Gasteiger partial charge in [0, 0.05) is 9.50 Å². The summed E-state index contributed by atoms with van der Waals surface area (Å²) in [6.07, 6.45) is 4.74. The molecule has 3 atom stereocenters. The molecule has 0 heterocycles. The van der Waals surface area contributed by atoms with Crippen LogP contribution in [0.5, 0.6) is 0 Å². The Morgan fingerprint density at radius 3 is 2.80 bits per heavy atom. The molecule has 0 bridgehead atoms. The molecule has 3 unspecified atom stereocenters. The van der Waals surface area contributed by atoms with Crippen LogP contribution in [0.15, 0.2) is 22.7 Å². The fourth-order valence-electron chi connectivity index (χ4n) is 3.25. The lowest BCUT2D eigenvalue weighted by Crippen LogP contribution is -2.32. The van der Waals surface area contributed by atoms with E-state index < -0.39 is 5.97 Å². The Labute approximate surface area is 133 Å². The van der Waals surface area contributed by atoms with E-state index in [2.05, 4.69) is 22.9 Å². The number of benzene rings is 1. The van der Waals surface area contributed by atoms with Gasteiger partial charge in [0.15, 0.2) is 0 Å². The highest BCUT2D eigenvalue weighted by Gasteiger charge is 2.34. The van der Waals surface area contributed by atoms with Crippen LogP contribution in [0.1, 0.15) is 38.2 Å². The van der Waals surface area contributed by atoms with Crippen LogP contribution in [0.2, 0.25) is 5.02 Å². The summed E-state index contributed by atoms with van der Waals surface area (Å²) in [5, 5.41) is 10.1. The molecule has 2 rings (SSSR count). The van der Waals surface area contributed by atoms with Crippen molar-refractivity contribution in [1.82, 2.24) is 0 Å². The molecule has 1 N–H and O–H groups in total. The predicted molar refractivity (Wildman–Crippen MR) is 85.1 cm³/mol. The Hall–Kier alpha value is -0.540. The first-order valence-corrected chi connectivity index (χ1v) is 8.35. The lowest BCUT2D eigenvalue weighted by molar-refractivity contribution is -0.145. The van der Waals surface area contributed by atoms with E-state index >= 15 is 0 Å². The quantitative estimate of drug-likeness (QED) is 0.805. The maximum atomic E-state index is 11.4. The van der Waals surface area contributed by atoms with Crippen LogP contribution in [-0.4, -0.2) is 11.1 Å². The van der Waals surface area contributed by atoms with E-state index in [1.54, 1.807) is 0 Å². The lowest BCUT2D eigenvalue weighted by Gasteiger charge is -2.34. The summed E-state index contributed by atoms with van der Waals surface area (Å²) in [5.41, 5.74) is 1.06. The Morgan fingerprint density at radius 2 is 2.20 bits per heavy atom. The minimum Gasteiger partial charge on any atom is -0.481 e. The fourth-order valence-corrected chi connectivity index (χ4v) is 4.00. The number of carboxylic acids is 1. The number of hydrogen-bond acceptors (Lipinski definition) is 1. The van der Waals surface area contributed by atoms with Crippen LogP contribution in [0, 0.1) is 17.8 Å². The lowest BCUT2D eigenvalue weighted by atomic mass is 9.71. The summed E-state index contributed by atoms with van der Waals surface area (Å²) in [4.78, 5) is 11.4. The molecule has 0 aromatic heterocycles. The Balaban J connectivity index is 2.16. The summed E-state index contributed by atoms with van der Waals surface area (Å²) in [5.74, 6) is -0.0231. The van der Waals surface area contributed by atoms with Crippen LogP contribution in [0.25, 0.3) is 0 Å². The normalized spacial score (nSPS) is 26.4. The Kier molecular flexibility index (Phi) is 5.50. The maximum absolute atomic E-state index is 11.4. The SMILES string of the molecule is CCC1CCC(C(=O)O)C(Cc2ccc(Br)cc2Cl)C1. The molecule has 1 aromatic rings. The van der Waals surface area contributed by atoms with E-state index in [1.165, 1.54) is 0 Å². The molecule has 0 amide bonds. The van der Waals surface area contributed by atoms with Crippen molar-refractivity contribution in [3.8, 4) is 0 Å². The summed E-state index contributed by atoms with van der Waals surface area (Å²) in [6, 6.07) is 5.85. The average molecular weight is 360 g/mol. The maximum Gasteiger partial charge on any atom is 0.306 e. The number of halogens is 2. The monoisotopic (exact) mass is 358 g/mol. The zero-order valence-electron chi connectivity index (χ0n) is 11.6. The predicted octanol–water partition coefficient (Wildman–Crippen LogP) is 5.17. The molecule has 20 heavy (non-hydrogen) atoms. The number of carboxylic acid groups (broad SMARTS) is 1. The molecular weight excluding hydrogens is 340 g/mol. The fraction of sp³-hybridized carbons (Fsp3) is 0.562. The summed E-state index contributed by atoms with van der Waals surface area (Å²) >= 11 is 9.67. The van der Waals surface area contributed by atoms with E-state index in [1.807, 2.05) is 18.2 Å². The summed E-state index contributed by atoms with van der Waals surface area (Å²) in [7, 11) is 0. The Morgan fingerprint density at radius 1 is 1.45 bits per heavy atom. The van der Waals surface area contributed by atoms with Gasteiger partial charge in [-0.05, 0) is 55.2 Å². The van der Waals surface area contributed by atoms with E-state index in [0.29, 0.717) is 5.92 Å². The standard InChI is InChI=1S/C16H20BrClO2/c1-2-10-3-6-14(16(19)20)12(7-10)8-11-4-5-13(17)9-15(11)18/h4-5,9-10,12,14H,2-3,6-8H2,1H3,(H,19,20). The molecule has 0 aliphatic heterocycles. The van der Waals surface area contributed by atoms with Crippen LogP contribution in [0.3, 0.4) is 0 Å². The first kappa shape index (κ1) is 15.8. The van der Waals surface area contributed by atoms with Gasteiger partial charge in [-0.15, -0.1) is 0 Å². The van der Waals surface area contributed by atoms with Crippen molar-refractivity contribution < 1.29 is 9.90 Å². The molecule has 4 heteroatoms. The number of aliphatic carboxylic acids is 1. The average Bonchev–Trinajstić information content (AvgIpc) is 2.41. The third-order valence-corrected chi connectivity index (χ3v) is 5.33. The minimum atomic E-state index is -0.655. The van der Waals surface area contributed by atoms with Gasteiger partial charge in [-0.2, -0.15) is 0 Å². The molecule has 1 aliphatic rings. The van der Waals surface area contributed by atoms with Crippen molar-refractivity contribution in [3.05, 3.63) is 33.3 Å². The largest absolute Gasteiger partial charge is 0.481 e. The molecular formula is C16H20BrClO2. The first-order valence-electron chi connectivity index (χ1n) is 7.18. The van der Waals surface area contributed by atoms with Crippen molar-refractivity contribution >= 4 is 33.5 Å². The molecule has 1 saturated carbocycles. The molecule has 1 aromatic carbocycles. The highest BCUT2D eigenvalue weighted by Crippen LogP contribution is 2.38. The van der Waals surface area contributed by atoms with Gasteiger partial charge in [0.25, 0.3) is 0 Å². The second-order valence-electron chi connectivity index (χ2n) is 5.73. The molecule has 1 aliphatic carbocycles. The molecule has 110 valence electrons. The van der Waals surface area contributed by atoms with Crippen LogP contribution in [0.4, 0.5) is 0 Å². The van der Waals surface area contributed by atoms with E-state index in [4.69, 9.17) is 11.6 Å². The first-order chi connectivity index (χ1) is 9.51. The number of carbonyl (C=O) groups is 1. The van der Waals surface area contributed by atoms with Gasteiger partial charge in [-0.1, -0.05) is 46.9 Å². The minimum absolute atomic E-state index is 0.199. The van der Waals surface area contributed by atoms with Crippen molar-refractivity contribution in [2.45, 2.75) is 39.0 Å².